The van der Waals surface area contributed by atoms with Crippen LogP contribution in [0.15, 0.2) is 34.9 Å². The number of aryl methyl sites for hydroxylation is 2. The molecule has 1 aromatic heterocycles. The van der Waals surface area contributed by atoms with E-state index in [0.29, 0.717) is 24.8 Å². The Hall–Kier alpha value is -2.10. The monoisotopic (exact) mass is 340 g/mol. The average Bonchev–Trinajstić information content (AvgIpc) is 3.22. The highest BCUT2D eigenvalue weighted by atomic mass is 16.5. The first-order chi connectivity index (χ1) is 12.1. The third-order valence-electron chi connectivity index (χ3n) is 5.52. The van der Waals surface area contributed by atoms with Crippen LogP contribution in [0.2, 0.25) is 0 Å². The van der Waals surface area contributed by atoms with Gasteiger partial charge in [0.05, 0.1) is 5.69 Å². The lowest BCUT2D eigenvalue weighted by molar-refractivity contribution is -0.132. The molecule has 0 aliphatic carbocycles. The molecule has 0 saturated carbocycles. The SMILES string of the molecule is CC[C@@H](c1ccccc1)[C@H]1CCCN1C(=O)CCc1c(C)noc1C. The molecule has 1 aliphatic heterocycles. The summed E-state index contributed by atoms with van der Waals surface area (Å²) in [7, 11) is 0. The van der Waals surface area contributed by atoms with Crippen LogP contribution < -0.4 is 0 Å². The maximum Gasteiger partial charge on any atom is 0.223 e. The molecule has 0 N–H and O–H groups in total. The fourth-order valence-corrected chi connectivity index (χ4v) is 4.18. The highest BCUT2D eigenvalue weighted by molar-refractivity contribution is 5.77. The molecule has 1 fully saturated rings. The van der Waals surface area contributed by atoms with Crippen LogP contribution in [-0.4, -0.2) is 28.6 Å². The van der Waals surface area contributed by atoms with Crippen molar-refractivity contribution in [2.45, 2.75) is 64.8 Å². The second-order valence-corrected chi connectivity index (χ2v) is 7.02. The Morgan fingerprint density at radius 1 is 1.32 bits per heavy atom. The van der Waals surface area contributed by atoms with Crippen molar-refractivity contribution in [3.63, 3.8) is 0 Å². The Labute approximate surface area is 150 Å². The van der Waals surface area contributed by atoms with Crippen LogP contribution in [0.1, 0.15) is 61.1 Å². The minimum absolute atomic E-state index is 0.261. The molecule has 2 aromatic rings. The smallest absolute Gasteiger partial charge is 0.223 e. The number of likely N-dealkylation sites (tertiary alicyclic amines) is 1. The molecule has 3 rings (SSSR count). The highest BCUT2D eigenvalue weighted by Gasteiger charge is 2.34. The van der Waals surface area contributed by atoms with E-state index in [-0.39, 0.29) is 5.91 Å². The maximum absolute atomic E-state index is 12.9. The predicted molar refractivity (Wildman–Crippen MR) is 98.5 cm³/mol. The molecule has 0 bridgehead atoms. The molecule has 1 saturated heterocycles. The molecule has 0 unspecified atom stereocenters. The van der Waals surface area contributed by atoms with Crippen LogP contribution in [0, 0.1) is 13.8 Å². The van der Waals surface area contributed by atoms with Crippen LogP contribution >= 0.6 is 0 Å². The van der Waals surface area contributed by atoms with Crippen LogP contribution in [0.25, 0.3) is 0 Å². The number of carbonyl (C=O) groups excluding carboxylic acids is 1. The van der Waals surface area contributed by atoms with Gasteiger partial charge in [-0.25, -0.2) is 0 Å². The van der Waals surface area contributed by atoms with E-state index in [2.05, 4.69) is 47.3 Å². The van der Waals surface area contributed by atoms with Crippen molar-refractivity contribution >= 4 is 5.91 Å². The zero-order chi connectivity index (χ0) is 17.8. The molecule has 4 nitrogen and oxygen atoms in total. The third-order valence-corrected chi connectivity index (χ3v) is 5.52. The lowest BCUT2D eigenvalue weighted by atomic mass is 9.87. The van der Waals surface area contributed by atoms with Gasteiger partial charge in [-0.2, -0.15) is 0 Å². The fraction of sp³-hybridized carbons (Fsp3) is 0.524. The van der Waals surface area contributed by atoms with Crippen molar-refractivity contribution in [1.29, 1.82) is 0 Å². The molecular weight excluding hydrogens is 312 g/mol. The Morgan fingerprint density at radius 2 is 2.08 bits per heavy atom. The molecule has 4 heteroatoms. The van der Waals surface area contributed by atoms with Crippen LogP contribution in [0.5, 0.6) is 0 Å². The minimum atomic E-state index is 0.261. The van der Waals surface area contributed by atoms with E-state index in [1.807, 2.05) is 13.8 Å². The summed E-state index contributed by atoms with van der Waals surface area (Å²) in [5.41, 5.74) is 3.33. The number of hydrogen-bond acceptors (Lipinski definition) is 3. The quantitative estimate of drug-likeness (QED) is 0.782. The van der Waals surface area contributed by atoms with Crippen LogP contribution in [0.4, 0.5) is 0 Å². The molecule has 1 amide bonds. The van der Waals surface area contributed by atoms with E-state index < -0.39 is 0 Å². The molecule has 0 spiro atoms. The summed E-state index contributed by atoms with van der Waals surface area (Å²) < 4.78 is 5.21. The van der Waals surface area contributed by atoms with Gasteiger partial charge in [-0.15, -0.1) is 0 Å². The second-order valence-electron chi connectivity index (χ2n) is 7.02. The molecule has 2 heterocycles. The number of nitrogens with zero attached hydrogens (tertiary/aromatic N) is 2. The fourth-order valence-electron chi connectivity index (χ4n) is 4.18. The van der Waals surface area contributed by atoms with Gasteiger partial charge in [-0.1, -0.05) is 42.4 Å². The molecular formula is C21H28N2O2. The van der Waals surface area contributed by atoms with Gasteiger partial charge in [-0.05, 0) is 45.1 Å². The van der Waals surface area contributed by atoms with E-state index in [9.17, 15) is 4.79 Å². The number of rotatable bonds is 6. The first-order valence-electron chi connectivity index (χ1n) is 9.38. The standard InChI is InChI=1S/C21H28N2O2/c1-4-18(17-9-6-5-7-10-17)20-11-8-14-23(20)21(24)13-12-19-15(2)22-25-16(19)3/h5-7,9-10,18,20H,4,8,11-14H2,1-3H3/t18-,20+/m0/s1. The van der Waals surface area contributed by atoms with Crippen molar-refractivity contribution in [2.24, 2.45) is 0 Å². The minimum Gasteiger partial charge on any atom is -0.361 e. The first kappa shape index (κ1) is 17.7. The van der Waals surface area contributed by atoms with Gasteiger partial charge in [0, 0.05) is 30.5 Å². The summed E-state index contributed by atoms with van der Waals surface area (Å²) >= 11 is 0. The van der Waals surface area contributed by atoms with Gasteiger partial charge in [0.2, 0.25) is 5.91 Å². The molecule has 134 valence electrons. The summed E-state index contributed by atoms with van der Waals surface area (Å²) in [4.78, 5) is 15.0. The van der Waals surface area contributed by atoms with Gasteiger partial charge < -0.3 is 9.42 Å². The Morgan fingerprint density at radius 3 is 2.72 bits per heavy atom. The van der Waals surface area contributed by atoms with Gasteiger partial charge in [0.15, 0.2) is 0 Å². The van der Waals surface area contributed by atoms with Crippen LogP contribution in [0.3, 0.4) is 0 Å². The average molecular weight is 340 g/mol. The van der Waals surface area contributed by atoms with Gasteiger partial charge in [-0.3, -0.25) is 4.79 Å². The Balaban J connectivity index is 1.69. The molecule has 1 aliphatic rings. The lowest BCUT2D eigenvalue weighted by Crippen LogP contribution is -2.39. The third kappa shape index (κ3) is 3.78. The topological polar surface area (TPSA) is 46.3 Å². The highest BCUT2D eigenvalue weighted by Crippen LogP contribution is 2.34. The van der Waals surface area contributed by atoms with E-state index in [0.717, 1.165) is 42.8 Å². The zero-order valence-corrected chi connectivity index (χ0v) is 15.5. The Bertz CT molecular complexity index is 688. The first-order valence-corrected chi connectivity index (χ1v) is 9.38. The van der Waals surface area contributed by atoms with Crippen molar-refractivity contribution in [3.8, 4) is 0 Å². The van der Waals surface area contributed by atoms with Crippen molar-refractivity contribution in [1.82, 2.24) is 10.1 Å². The van der Waals surface area contributed by atoms with Crippen molar-refractivity contribution in [3.05, 3.63) is 52.9 Å². The van der Waals surface area contributed by atoms with E-state index >= 15 is 0 Å². The van der Waals surface area contributed by atoms with Crippen molar-refractivity contribution < 1.29 is 9.32 Å². The summed E-state index contributed by atoms with van der Waals surface area (Å²) in [6, 6.07) is 11.0. The van der Waals surface area contributed by atoms with Gasteiger partial charge in [0.25, 0.3) is 0 Å². The summed E-state index contributed by atoms with van der Waals surface area (Å²) in [6.45, 7) is 6.97. The Kier molecular flexibility index (Phi) is 5.57. The molecule has 1 aromatic carbocycles. The molecule has 25 heavy (non-hydrogen) atoms. The van der Waals surface area contributed by atoms with Crippen molar-refractivity contribution in [2.75, 3.05) is 6.54 Å². The normalized spacial score (nSPS) is 18.5. The van der Waals surface area contributed by atoms with Gasteiger partial charge >= 0.3 is 0 Å². The lowest BCUT2D eigenvalue weighted by Gasteiger charge is -2.32. The maximum atomic E-state index is 12.9. The number of hydrogen-bond donors (Lipinski definition) is 0. The predicted octanol–water partition coefficient (Wildman–Crippen LogP) is 4.41. The molecule has 2 atom stereocenters. The summed E-state index contributed by atoms with van der Waals surface area (Å²) in [5.74, 6) is 1.52. The van der Waals surface area contributed by atoms with E-state index in [1.165, 1.54) is 5.56 Å². The van der Waals surface area contributed by atoms with Gasteiger partial charge in [0.1, 0.15) is 5.76 Å². The molecule has 0 radical (unpaired) electrons. The van der Waals surface area contributed by atoms with E-state index in [1.54, 1.807) is 0 Å². The number of aromatic nitrogens is 1. The van der Waals surface area contributed by atoms with Crippen LogP contribution in [-0.2, 0) is 11.2 Å². The number of benzene rings is 1. The number of carbonyl (C=O) groups is 1. The zero-order valence-electron chi connectivity index (χ0n) is 15.5. The second kappa shape index (κ2) is 7.85. The van der Waals surface area contributed by atoms with E-state index in [4.69, 9.17) is 4.52 Å². The summed E-state index contributed by atoms with van der Waals surface area (Å²) in [6.07, 6.45) is 4.51. The largest absolute Gasteiger partial charge is 0.361 e. The summed E-state index contributed by atoms with van der Waals surface area (Å²) in [5, 5.41) is 3.99. The number of amides is 1.